The molecule has 2 heterocycles. The number of carbonyl (C=O) groups excluding carboxylic acids is 2. The van der Waals surface area contributed by atoms with Crippen LogP contribution in [0.5, 0.6) is 0 Å². The first-order valence-corrected chi connectivity index (χ1v) is 8.80. The summed E-state index contributed by atoms with van der Waals surface area (Å²) >= 11 is 1.98. The zero-order valence-corrected chi connectivity index (χ0v) is 15.9. The number of aliphatic hydroxyl groups is 1. The van der Waals surface area contributed by atoms with E-state index in [1.165, 1.54) is 35.0 Å². The fourth-order valence-electron chi connectivity index (χ4n) is 2.48. The molecule has 3 aromatic rings. The van der Waals surface area contributed by atoms with E-state index in [1.54, 1.807) is 6.07 Å². The number of esters is 1. The number of fused-ring (bicyclic) bond motifs is 1. The molecule has 0 saturated heterocycles. The van der Waals surface area contributed by atoms with E-state index in [9.17, 15) is 14.0 Å². The summed E-state index contributed by atoms with van der Waals surface area (Å²) in [5, 5.41) is 11.7. The number of benzene rings is 1. The summed E-state index contributed by atoms with van der Waals surface area (Å²) in [6.45, 7) is -0.524. The number of amides is 1. The third-order valence-electron chi connectivity index (χ3n) is 3.67. The van der Waals surface area contributed by atoms with E-state index in [2.05, 4.69) is 10.3 Å². The van der Waals surface area contributed by atoms with Crippen LogP contribution in [0.2, 0.25) is 0 Å². The minimum atomic E-state index is -0.737. The summed E-state index contributed by atoms with van der Waals surface area (Å²) in [4.78, 5) is 27.8. The van der Waals surface area contributed by atoms with Crippen LogP contribution in [0.4, 0.5) is 15.9 Å². The van der Waals surface area contributed by atoms with Crippen LogP contribution in [0, 0.1) is 9.39 Å². The number of pyridine rings is 1. The Morgan fingerprint density at radius 2 is 2.11 bits per heavy atom. The first-order chi connectivity index (χ1) is 12.9. The topological polar surface area (TPSA) is 119 Å². The van der Waals surface area contributed by atoms with E-state index in [0.29, 0.717) is 9.09 Å². The quantitative estimate of drug-likeness (QED) is 0.364. The lowest BCUT2D eigenvalue weighted by Crippen LogP contribution is -2.14. The summed E-state index contributed by atoms with van der Waals surface area (Å²) in [6, 6.07) is 7.44. The maximum absolute atomic E-state index is 14.3. The maximum atomic E-state index is 14.3. The van der Waals surface area contributed by atoms with Gasteiger partial charge in [0, 0.05) is 3.57 Å². The Morgan fingerprint density at radius 3 is 2.78 bits per heavy atom. The lowest BCUT2D eigenvalue weighted by molar-refractivity contribution is 0.0434. The highest BCUT2D eigenvalue weighted by Crippen LogP contribution is 2.27. The monoisotopic (exact) mass is 484 g/mol. The molecule has 0 aliphatic rings. The van der Waals surface area contributed by atoms with Crippen molar-refractivity contribution in [3.63, 3.8) is 0 Å². The molecule has 0 radical (unpaired) electrons. The van der Waals surface area contributed by atoms with Crippen molar-refractivity contribution < 1.29 is 23.8 Å². The minimum Gasteiger partial charge on any atom is -0.460 e. The third kappa shape index (κ3) is 3.85. The number of hydrogen-bond acceptors (Lipinski definition) is 6. The Bertz CT molecular complexity index is 1040. The Labute approximate surface area is 166 Å². The Kier molecular flexibility index (Phi) is 5.56. The van der Waals surface area contributed by atoms with Gasteiger partial charge in [0.1, 0.15) is 30.1 Å². The predicted molar refractivity (Wildman–Crippen MR) is 103 cm³/mol. The highest BCUT2D eigenvalue weighted by Gasteiger charge is 2.20. The van der Waals surface area contributed by atoms with Crippen LogP contribution in [0.15, 0.2) is 36.7 Å². The summed E-state index contributed by atoms with van der Waals surface area (Å²) in [6.07, 6.45) is 1.30. The highest BCUT2D eigenvalue weighted by atomic mass is 127. The molecular weight excluding hydrogens is 470 g/mol. The van der Waals surface area contributed by atoms with Gasteiger partial charge in [0.2, 0.25) is 0 Å². The van der Waals surface area contributed by atoms with Gasteiger partial charge in [-0.2, -0.15) is 0 Å². The molecule has 8 nitrogen and oxygen atoms in total. The molecule has 0 unspecified atom stereocenters. The summed E-state index contributed by atoms with van der Waals surface area (Å²) in [5.41, 5.74) is 5.86. The van der Waals surface area contributed by atoms with E-state index in [4.69, 9.17) is 15.6 Å². The largest absolute Gasteiger partial charge is 0.460 e. The van der Waals surface area contributed by atoms with Gasteiger partial charge in [-0.15, -0.1) is 0 Å². The molecule has 4 N–H and O–H groups in total. The van der Waals surface area contributed by atoms with Crippen molar-refractivity contribution in [2.75, 3.05) is 18.5 Å². The number of hydrogen-bond donors (Lipinski definition) is 3. The number of nitrogens with two attached hydrogens (primary N) is 1. The van der Waals surface area contributed by atoms with Gasteiger partial charge < -0.3 is 20.9 Å². The molecule has 10 heteroatoms. The second kappa shape index (κ2) is 7.88. The average Bonchev–Trinajstić information content (AvgIpc) is 3.06. The van der Waals surface area contributed by atoms with Crippen molar-refractivity contribution in [1.29, 1.82) is 0 Å². The Balaban J connectivity index is 2.15. The van der Waals surface area contributed by atoms with Crippen molar-refractivity contribution in [1.82, 2.24) is 9.38 Å². The van der Waals surface area contributed by atoms with Gasteiger partial charge in [-0.1, -0.05) is 0 Å². The molecular formula is C17H14FIN4O4. The van der Waals surface area contributed by atoms with Crippen LogP contribution in [-0.2, 0) is 4.74 Å². The number of anilines is 2. The van der Waals surface area contributed by atoms with Crippen LogP contribution in [0.3, 0.4) is 0 Å². The van der Waals surface area contributed by atoms with E-state index in [0.717, 1.165) is 0 Å². The second-order valence-electron chi connectivity index (χ2n) is 5.42. The van der Waals surface area contributed by atoms with Gasteiger partial charge in [0.25, 0.3) is 5.91 Å². The molecule has 1 amide bonds. The number of aliphatic hydroxyl groups excluding tert-OH is 1. The number of ether oxygens (including phenoxy) is 1. The van der Waals surface area contributed by atoms with E-state index >= 15 is 0 Å². The fourth-order valence-corrected chi connectivity index (χ4v) is 2.94. The van der Waals surface area contributed by atoms with Gasteiger partial charge in [0.05, 0.1) is 17.8 Å². The van der Waals surface area contributed by atoms with Crippen molar-refractivity contribution in [3.8, 4) is 0 Å². The molecule has 27 heavy (non-hydrogen) atoms. The number of carbonyl (C=O) groups is 2. The number of aromatic nitrogens is 2. The Hall–Kier alpha value is -2.73. The molecule has 0 spiro atoms. The van der Waals surface area contributed by atoms with Crippen molar-refractivity contribution in [2.24, 2.45) is 5.73 Å². The zero-order chi connectivity index (χ0) is 19.6. The maximum Gasteiger partial charge on any atom is 0.341 e. The fraction of sp³-hybridized carbons (Fsp3) is 0.118. The molecule has 0 aliphatic heterocycles. The molecule has 3 rings (SSSR count). The zero-order valence-electron chi connectivity index (χ0n) is 13.8. The van der Waals surface area contributed by atoms with Crippen LogP contribution < -0.4 is 11.1 Å². The van der Waals surface area contributed by atoms with Gasteiger partial charge >= 0.3 is 5.97 Å². The first-order valence-electron chi connectivity index (χ1n) is 7.72. The average molecular weight is 484 g/mol. The SMILES string of the molecule is NC(=O)c1ncn2c(Nc3ccc(I)cc3F)c(C(=O)OCCO)ccc12. The number of primary amides is 1. The molecule has 2 aromatic heterocycles. The highest BCUT2D eigenvalue weighted by molar-refractivity contribution is 14.1. The van der Waals surface area contributed by atoms with E-state index in [1.807, 2.05) is 22.6 Å². The standard InChI is InChI=1S/C17H14FIN4O4/c18-11-7-9(19)1-3-12(11)22-16-10(17(26)27-6-5-24)2-4-13-14(15(20)25)21-8-23(13)16/h1-4,7-8,22,24H,5-6H2,(H2,20,25). The minimum absolute atomic E-state index is 0.0106. The lowest BCUT2D eigenvalue weighted by atomic mass is 10.2. The number of nitrogens with one attached hydrogen (secondary N) is 1. The van der Waals surface area contributed by atoms with Crippen molar-refractivity contribution in [3.05, 3.63) is 57.3 Å². The first kappa shape index (κ1) is 19.0. The van der Waals surface area contributed by atoms with Crippen molar-refractivity contribution in [2.45, 2.75) is 0 Å². The molecule has 0 atom stereocenters. The van der Waals surface area contributed by atoms with Gasteiger partial charge in [-0.25, -0.2) is 14.2 Å². The van der Waals surface area contributed by atoms with Gasteiger partial charge in [-0.3, -0.25) is 9.20 Å². The lowest BCUT2D eigenvalue weighted by Gasteiger charge is -2.15. The van der Waals surface area contributed by atoms with Gasteiger partial charge in [0.15, 0.2) is 5.69 Å². The van der Waals surface area contributed by atoms with Crippen LogP contribution in [-0.4, -0.2) is 39.6 Å². The van der Waals surface area contributed by atoms with Gasteiger partial charge in [-0.05, 0) is 52.9 Å². The van der Waals surface area contributed by atoms with E-state index < -0.39 is 17.7 Å². The van der Waals surface area contributed by atoms with Crippen LogP contribution in [0.1, 0.15) is 20.8 Å². The smallest absolute Gasteiger partial charge is 0.341 e. The third-order valence-corrected chi connectivity index (χ3v) is 4.34. The number of halogens is 2. The molecule has 140 valence electrons. The number of imidazole rings is 1. The number of rotatable bonds is 6. The molecule has 0 fully saturated rings. The Morgan fingerprint density at radius 1 is 1.33 bits per heavy atom. The molecule has 0 aliphatic carbocycles. The summed E-state index contributed by atoms with van der Waals surface area (Å²) in [5.74, 6) is -1.84. The predicted octanol–water partition coefficient (Wildman–Crippen LogP) is 2.07. The molecule has 0 saturated carbocycles. The summed E-state index contributed by atoms with van der Waals surface area (Å²) < 4.78 is 21.4. The van der Waals surface area contributed by atoms with Crippen LogP contribution in [0.25, 0.3) is 5.52 Å². The molecule has 1 aromatic carbocycles. The van der Waals surface area contributed by atoms with Crippen molar-refractivity contribution >= 4 is 51.5 Å². The van der Waals surface area contributed by atoms with Crippen LogP contribution >= 0.6 is 22.6 Å². The molecule has 0 bridgehead atoms. The van der Waals surface area contributed by atoms with E-state index in [-0.39, 0.29) is 36.0 Å². The normalized spacial score (nSPS) is 10.8. The number of nitrogens with zero attached hydrogens (tertiary/aromatic N) is 2. The second-order valence-corrected chi connectivity index (χ2v) is 6.66. The summed E-state index contributed by atoms with van der Waals surface area (Å²) in [7, 11) is 0.